The number of rotatable bonds is 2. The fourth-order valence-corrected chi connectivity index (χ4v) is 1.58. The molecule has 1 aromatic carbocycles. The Kier molecular flexibility index (Phi) is 4.43. The van der Waals surface area contributed by atoms with E-state index in [1.54, 1.807) is 18.2 Å². The summed E-state index contributed by atoms with van der Waals surface area (Å²) in [4.78, 5) is 42.2. The van der Waals surface area contributed by atoms with Crippen molar-refractivity contribution < 1.29 is 24.2 Å². The molecule has 0 unspecified atom stereocenters. The minimum atomic E-state index is -1.22. The second-order valence-corrected chi connectivity index (χ2v) is 5.07. The maximum absolute atomic E-state index is 12.0. The summed E-state index contributed by atoms with van der Waals surface area (Å²) in [6, 6.07) is 6.75. The van der Waals surface area contributed by atoms with Crippen molar-refractivity contribution in [1.82, 2.24) is 0 Å². The van der Waals surface area contributed by atoms with Crippen molar-refractivity contribution in [3.05, 3.63) is 35.4 Å². The number of carbonyl (C=O) groups excluding carboxylic acids is 3. The molecule has 0 spiro atoms. The zero-order valence-electron chi connectivity index (χ0n) is 11.4. The van der Waals surface area contributed by atoms with Gasteiger partial charge in [-0.15, -0.1) is 0 Å². The maximum atomic E-state index is 12.0. The van der Waals surface area contributed by atoms with Gasteiger partial charge in [-0.1, -0.05) is 45.0 Å². The molecule has 0 saturated carbocycles. The normalized spacial score (nSPS) is 10.7. The Balaban J connectivity index is 3.00. The Hall–Kier alpha value is -2.17. The van der Waals surface area contributed by atoms with E-state index in [4.69, 9.17) is 0 Å². The molecular formula is C14H16O5. The van der Waals surface area contributed by atoms with E-state index in [0.29, 0.717) is 0 Å². The Bertz CT molecular complexity index is 511. The van der Waals surface area contributed by atoms with Gasteiger partial charge in [0.1, 0.15) is 0 Å². The number of carbonyl (C=O) groups is 3. The van der Waals surface area contributed by atoms with E-state index in [1.165, 1.54) is 6.07 Å². The van der Waals surface area contributed by atoms with Gasteiger partial charge in [-0.3, -0.25) is 4.79 Å². The quantitative estimate of drug-likeness (QED) is 0.354. The molecular weight excluding hydrogens is 248 g/mol. The van der Waals surface area contributed by atoms with Crippen LogP contribution in [0.4, 0.5) is 0 Å². The first-order chi connectivity index (χ1) is 8.73. The fourth-order valence-electron chi connectivity index (χ4n) is 1.58. The highest BCUT2D eigenvalue weighted by molar-refractivity contribution is 6.40. The lowest BCUT2D eigenvalue weighted by Gasteiger charge is -2.21. The van der Waals surface area contributed by atoms with E-state index in [0.717, 1.165) is 12.5 Å². The summed E-state index contributed by atoms with van der Waals surface area (Å²) in [5, 5.41) is 0. The van der Waals surface area contributed by atoms with Crippen LogP contribution in [0.5, 0.6) is 0 Å². The van der Waals surface area contributed by atoms with Crippen LogP contribution in [0.25, 0.3) is 0 Å². The summed E-state index contributed by atoms with van der Waals surface area (Å²) in [6.45, 7) is 6.85. The molecule has 1 rings (SSSR count). The molecule has 5 nitrogen and oxygen atoms in total. The molecule has 0 amide bonds. The third-order valence-corrected chi connectivity index (χ3v) is 2.40. The predicted octanol–water partition coefficient (Wildman–Crippen LogP) is 2.19. The largest absolute Gasteiger partial charge is 0.426 e. The minimum absolute atomic E-state index is 0.243. The highest BCUT2D eigenvalue weighted by Gasteiger charge is 2.27. The van der Waals surface area contributed by atoms with Crippen LogP contribution < -0.4 is 0 Å². The Morgan fingerprint density at radius 1 is 1.00 bits per heavy atom. The molecule has 0 aliphatic heterocycles. The standard InChI is InChI=1S/C14H16O5/c1-9(15)18-19-13(17)12(16)10-7-5-6-8-11(10)14(2,3)4/h5-8H,1-4H3. The molecule has 0 aliphatic rings. The van der Waals surface area contributed by atoms with Gasteiger partial charge in [-0.05, 0) is 11.0 Å². The summed E-state index contributed by atoms with van der Waals surface area (Å²) >= 11 is 0. The van der Waals surface area contributed by atoms with E-state index in [-0.39, 0.29) is 11.0 Å². The van der Waals surface area contributed by atoms with Gasteiger partial charge in [0.25, 0.3) is 5.78 Å². The van der Waals surface area contributed by atoms with Crippen LogP contribution in [0.2, 0.25) is 0 Å². The van der Waals surface area contributed by atoms with Gasteiger partial charge in [-0.25, -0.2) is 19.4 Å². The van der Waals surface area contributed by atoms with Gasteiger partial charge in [0.15, 0.2) is 0 Å². The summed E-state index contributed by atoms with van der Waals surface area (Å²) < 4.78 is 0. The minimum Gasteiger partial charge on any atom is -0.281 e. The molecule has 0 N–H and O–H groups in total. The smallest absolute Gasteiger partial charge is 0.281 e. The van der Waals surface area contributed by atoms with Crippen LogP contribution in [0.1, 0.15) is 43.6 Å². The molecule has 0 atom stereocenters. The second kappa shape index (κ2) is 5.65. The molecule has 0 aromatic heterocycles. The van der Waals surface area contributed by atoms with Crippen molar-refractivity contribution in [2.45, 2.75) is 33.1 Å². The molecule has 0 fully saturated rings. The number of hydrogen-bond donors (Lipinski definition) is 0. The van der Waals surface area contributed by atoms with Crippen LogP contribution in [0.3, 0.4) is 0 Å². The van der Waals surface area contributed by atoms with Crippen LogP contribution in [0.15, 0.2) is 24.3 Å². The number of benzene rings is 1. The molecule has 0 saturated heterocycles. The molecule has 0 aliphatic carbocycles. The van der Waals surface area contributed by atoms with E-state index in [1.807, 2.05) is 20.8 Å². The monoisotopic (exact) mass is 264 g/mol. The van der Waals surface area contributed by atoms with Crippen molar-refractivity contribution in [2.24, 2.45) is 0 Å². The summed E-state index contributed by atoms with van der Waals surface area (Å²) in [7, 11) is 0. The maximum Gasteiger partial charge on any atom is 0.426 e. The molecule has 102 valence electrons. The van der Waals surface area contributed by atoms with Gasteiger partial charge < -0.3 is 0 Å². The lowest BCUT2D eigenvalue weighted by atomic mass is 9.83. The lowest BCUT2D eigenvalue weighted by molar-refractivity contribution is -0.252. The van der Waals surface area contributed by atoms with Gasteiger partial charge in [-0.2, -0.15) is 0 Å². The van der Waals surface area contributed by atoms with E-state index in [2.05, 4.69) is 9.78 Å². The number of hydrogen-bond acceptors (Lipinski definition) is 5. The average Bonchev–Trinajstić information content (AvgIpc) is 2.34. The Morgan fingerprint density at radius 2 is 1.58 bits per heavy atom. The highest BCUT2D eigenvalue weighted by Crippen LogP contribution is 2.26. The zero-order valence-corrected chi connectivity index (χ0v) is 11.4. The molecule has 19 heavy (non-hydrogen) atoms. The van der Waals surface area contributed by atoms with Crippen molar-refractivity contribution >= 4 is 17.7 Å². The Labute approximate surface area is 111 Å². The molecule has 5 heteroatoms. The first-order valence-electron chi connectivity index (χ1n) is 5.76. The van der Waals surface area contributed by atoms with Crippen molar-refractivity contribution in [2.75, 3.05) is 0 Å². The first-order valence-corrected chi connectivity index (χ1v) is 5.76. The molecule has 0 heterocycles. The molecule has 0 bridgehead atoms. The third-order valence-electron chi connectivity index (χ3n) is 2.40. The van der Waals surface area contributed by atoms with Gasteiger partial charge in [0.2, 0.25) is 0 Å². The number of Topliss-reactive ketones (excluding diaryl/α,β-unsaturated/α-hetero) is 1. The summed E-state index contributed by atoms with van der Waals surface area (Å²) in [5.74, 6) is -2.86. The van der Waals surface area contributed by atoms with Gasteiger partial charge in [0.05, 0.1) is 0 Å². The van der Waals surface area contributed by atoms with Crippen LogP contribution in [-0.2, 0) is 24.8 Å². The van der Waals surface area contributed by atoms with Crippen LogP contribution in [0, 0.1) is 0 Å². The molecule has 0 radical (unpaired) electrons. The second-order valence-electron chi connectivity index (χ2n) is 5.07. The van der Waals surface area contributed by atoms with E-state index < -0.39 is 17.7 Å². The van der Waals surface area contributed by atoms with E-state index in [9.17, 15) is 14.4 Å². The predicted molar refractivity (Wildman–Crippen MR) is 67.3 cm³/mol. The fraction of sp³-hybridized carbons (Fsp3) is 0.357. The highest BCUT2D eigenvalue weighted by atomic mass is 17.2. The van der Waals surface area contributed by atoms with E-state index >= 15 is 0 Å². The zero-order chi connectivity index (χ0) is 14.6. The van der Waals surface area contributed by atoms with Crippen molar-refractivity contribution in [3.63, 3.8) is 0 Å². The summed E-state index contributed by atoms with van der Waals surface area (Å²) in [5.41, 5.74) is 0.667. The Morgan fingerprint density at radius 3 is 2.11 bits per heavy atom. The molecule has 1 aromatic rings. The average molecular weight is 264 g/mol. The van der Waals surface area contributed by atoms with Crippen LogP contribution in [-0.4, -0.2) is 17.7 Å². The van der Waals surface area contributed by atoms with Crippen molar-refractivity contribution in [1.29, 1.82) is 0 Å². The van der Waals surface area contributed by atoms with Crippen LogP contribution >= 0.6 is 0 Å². The number of ketones is 1. The first kappa shape index (κ1) is 14.9. The van der Waals surface area contributed by atoms with Gasteiger partial charge in [0, 0.05) is 12.5 Å². The summed E-state index contributed by atoms with van der Waals surface area (Å²) in [6.07, 6.45) is 0. The van der Waals surface area contributed by atoms with Gasteiger partial charge >= 0.3 is 11.9 Å². The SMILES string of the molecule is CC(=O)OOC(=O)C(=O)c1ccccc1C(C)(C)C. The van der Waals surface area contributed by atoms with Crippen molar-refractivity contribution in [3.8, 4) is 0 Å². The lowest BCUT2D eigenvalue weighted by Crippen LogP contribution is -2.24. The third kappa shape index (κ3) is 3.91. The topological polar surface area (TPSA) is 69.7 Å².